The third-order valence-corrected chi connectivity index (χ3v) is 3.18. The third kappa shape index (κ3) is 2.77. The first-order valence-electron chi connectivity index (χ1n) is 5.85. The normalized spacial score (nSPS) is 12.2. The number of carbonyl (C=O) groups excluding carboxylic acids is 1. The number of aromatic nitrogens is 1. The lowest BCUT2D eigenvalue weighted by atomic mass is 10.1. The van der Waals surface area contributed by atoms with Crippen LogP contribution in [0.5, 0.6) is 0 Å². The number of aryl methyl sites for hydroxylation is 1. The summed E-state index contributed by atoms with van der Waals surface area (Å²) in [5.41, 5.74) is 1.81. The maximum absolute atomic E-state index is 12.3. The SMILES string of the molecule is Cc1ccc[n+]([C@@H](C)C(=O)c2ccc(Cl)cc2)c1. The molecule has 1 aromatic carbocycles. The molecule has 1 heterocycles. The Morgan fingerprint density at radius 3 is 2.50 bits per heavy atom. The summed E-state index contributed by atoms with van der Waals surface area (Å²) >= 11 is 5.82. The fraction of sp³-hybridized carbons (Fsp3) is 0.200. The van der Waals surface area contributed by atoms with E-state index in [1.165, 1.54) is 0 Å². The van der Waals surface area contributed by atoms with E-state index in [1.54, 1.807) is 24.3 Å². The van der Waals surface area contributed by atoms with Crippen LogP contribution in [0.1, 0.15) is 28.9 Å². The second kappa shape index (κ2) is 5.32. The van der Waals surface area contributed by atoms with Gasteiger partial charge in [-0.2, -0.15) is 4.57 Å². The summed E-state index contributed by atoms with van der Waals surface area (Å²) in [5, 5.41) is 0.641. The predicted octanol–water partition coefficient (Wildman–Crippen LogP) is 3.38. The van der Waals surface area contributed by atoms with E-state index >= 15 is 0 Å². The van der Waals surface area contributed by atoms with Gasteiger partial charge in [-0.3, -0.25) is 4.79 Å². The summed E-state index contributed by atoms with van der Waals surface area (Å²) in [5.74, 6) is 0.0854. The Hall–Kier alpha value is -1.67. The van der Waals surface area contributed by atoms with Crippen LogP contribution in [-0.4, -0.2) is 5.78 Å². The molecule has 0 N–H and O–H groups in total. The molecule has 0 fully saturated rings. The second-order valence-electron chi connectivity index (χ2n) is 4.38. The molecular weight excluding hydrogens is 246 g/mol. The van der Waals surface area contributed by atoms with E-state index in [9.17, 15) is 4.79 Å². The van der Waals surface area contributed by atoms with Gasteiger partial charge in [-0.05, 0) is 37.3 Å². The largest absolute Gasteiger partial charge is 0.287 e. The Balaban J connectivity index is 2.26. The van der Waals surface area contributed by atoms with Crippen LogP contribution in [0, 0.1) is 6.92 Å². The lowest BCUT2D eigenvalue weighted by Gasteiger charge is -2.06. The molecule has 0 radical (unpaired) electrons. The van der Waals surface area contributed by atoms with Crippen molar-refractivity contribution >= 4 is 17.4 Å². The van der Waals surface area contributed by atoms with Gasteiger partial charge in [0, 0.05) is 29.1 Å². The van der Waals surface area contributed by atoms with Crippen molar-refractivity contribution in [3.63, 3.8) is 0 Å². The Kier molecular flexibility index (Phi) is 3.78. The van der Waals surface area contributed by atoms with Crippen LogP contribution in [0.4, 0.5) is 0 Å². The first-order chi connectivity index (χ1) is 8.58. The zero-order valence-electron chi connectivity index (χ0n) is 10.4. The van der Waals surface area contributed by atoms with Gasteiger partial charge in [-0.1, -0.05) is 11.6 Å². The number of halogens is 1. The van der Waals surface area contributed by atoms with Crippen molar-refractivity contribution in [3.8, 4) is 0 Å². The highest BCUT2D eigenvalue weighted by Gasteiger charge is 2.23. The standard InChI is InChI=1S/C15H15ClNO/c1-11-4-3-9-17(10-11)12(2)15(18)13-5-7-14(16)8-6-13/h3-10,12H,1-2H3/q+1/t12-/m0/s1. The molecule has 0 bridgehead atoms. The minimum atomic E-state index is -0.217. The number of hydrogen-bond donors (Lipinski definition) is 0. The Bertz CT molecular complexity index is 563. The highest BCUT2D eigenvalue weighted by Crippen LogP contribution is 2.13. The van der Waals surface area contributed by atoms with Crippen molar-refractivity contribution in [1.82, 2.24) is 0 Å². The molecule has 1 atom stereocenters. The molecule has 0 aliphatic heterocycles. The van der Waals surface area contributed by atoms with Crippen LogP contribution >= 0.6 is 11.6 Å². The molecule has 0 unspecified atom stereocenters. The number of rotatable bonds is 3. The molecular formula is C15H15ClNO+. The zero-order chi connectivity index (χ0) is 13.1. The van der Waals surface area contributed by atoms with Crippen molar-refractivity contribution in [1.29, 1.82) is 0 Å². The molecule has 0 spiro atoms. The molecule has 0 saturated heterocycles. The minimum Gasteiger partial charge on any atom is -0.287 e. The number of nitrogens with zero attached hydrogens (tertiary/aromatic N) is 1. The number of benzene rings is 1. The molecule has 0 saturated carbocycles. The van der Waals surface area contributed by atoms with Gasteiger partial charge in [-0.25, -0.2) is 0 Å². The molecule has 0 aliphatic carbocycles. The van der Waals surface area contributed by atoms with Crippen LogP contribution in [0.15, 0.2) is 48.8 Å². The number of ketones is 1. The molecule has 2 nitrogen and oxygen atoms in total. The van der Waals surface area contributed by atoms with Crippen molar-refractivity contribution in [2.45, 2.75) is 19.9 Å². The second-order valence-corrected chi connectivity index (χ2v) is 4.81. The first-order valence-corrected chi connectivity index (χ1v) is 6.23. The summed E-state index contributed by atoms with van der Waals surface area (Å²) in [6.45, 7) is 3.91. The van der Waals surface area contributed by atoms with E-state index in [0.717, 1.165) is 5.56 Å². The lowest BCUT2D eigenvalue weighted by Crippen LogP contribution is -2.41. The Morgan fingerprint density at radius 1 is 1.22 bits per heavy atom. The van der Waals surface area contributed by atoms with E-state index in [0.29, 0.717) is 10.6 Å². The number of pyridine rings is 1. The quantitative estimate of drug-likeness (QED) is 0.612. The Labute approximate surface area is 112 Å². The fourth-order valence-corrected chi connectivity index (χ4v) is 1.97. The van der Waals surface area contributed by atoms with Crippen molar-refractivity contribution in [2.24, 2.45) is 0 Å². The molecule has 2 rings (SSSR count). The van der Waals surface area contributed by atoms with E-state index in [2.05, 4.69) is 0 Å². The number of carbonyl (C=O) groups is 1. The molecule has 18 heavy (non-hydrogen) atoms. The summed E-state index contributed by atoms with van der Waals surface area (Å²) in [6.07, 6.45) is 3.88. The molecule has 1 aromatic heterocycles. The monoisotopic (exact) mass is 260 g/mol. The van der Waals surface area contributed by atoms with Crippen LogP contribution in [0.3, 0.4) is 0 Å². The van der Waals surface area contributed by atoms with Gasteiger partial charge in [0.15, 0.2) is 12.4 Å². The molecule has 92 valence electrons. The topological polar surface area (TPSA) is 20.9 Å². The van der Waals surface area contributed by atoms with Gasteiger partial charge in [0.1, 0.15) is 0 Å². The van der Waals surface area contributed by atoms with Crippen molar-refractivity contribution < 1.29 is 9.36 Å². The van der Waals surface area contributed by atoms with E-state index in [1.807, 2.05) is 42.9 Å². The van der Waals surface area contributed by atoms with Gasteiger partial charge in [0.25, 0.3) is 0 Å². The van der Waals surface area contributed by atoms with E-state index < -0.39 is 0 Å². The fourth-order valence-electron chi connectivity index (χ4n) is 1.85. The lowest BCUT2D eigenvalue weighted by molar-refractivity contribution is -0.705. The van der Waals surface area contributed by atoms with Crippen LogP contribution in [0.25, 0.3) is 0 Å². The van der Waals surface area contributed by atoms with Crippen LogP contribution in [0.2, 0.25) is 5.02 Å². The molecule has 3 heteroatoms. The Morgan fingerprint density at radius 2 is 1.89 bits per heavy atom. The van der Waals surface area contributed by atoms with E-state index in [-0.39, 0.29) is 11.8 Å². The van der Waals surface area contributed by atoms with Gasteiger partial charge >= 0.3 is 0 Å². The summed E-state index contributed by atoms with van der Waals surface area (Å²) in [7, 11) is 0. The van der Waals surface area contributed by atoms with Crippen molar-refractivity contribution in [3.05, 3.63) is 64.9 Å². The average Bonchev–Trinajstić information content (AvgIpc) is 2.38. The summed E-state index contributed by atoms with van der Waals surface area (Å²) < 4.78 is 1.92. The third-order valence-electron chi connectivity index (χ3n) is 2.93. The van der Waals surface area contributed by atoms with Crippen LogP contribution < -0.4 is 4.57 Å². The number of Topliss-reactive ketones (excluding diaryl/α,β-unsaturated/α-hetero) is 1. The van der Waals surface area contributed by atoms with Crippen molar-refractivity contribution in [2.75, 3.05) is 0 Å². The summed E-state index contributed by atoms with van der Waals surface area (Å²) in [4.78, 5) is 12.3. The van der Waals surface area contributed by atoms with Gasteiger partial charge < -0.3 is 0 Å². The summed E-state index contributed by atoms with van der Waals surface area (Å²) in [6, 6.07) is 10.7. The minimum absolute atomic E-state index is 0.0854. The van der Waals surface area contributed by atoms with Crippen LogP contribution in [-0.2, 0) is 0 Å². The highest BCUT2D eigenvalue weighted by molar-refractivity contribution is 6.30. The number of hydrogen-bond acceptors (Lipinski definition) is 1. The highest BCUT2D eigenvalue weighted by atomic mass is 35.5. The maximum Gasteiger partial charge on any atom is 0.230 e. The smallest absolute Gasteiger partial charge is 0.230 e. The van der Waals surface area contributed by atoms with E-state index in [4.69, 9.17) is 11.6 Å². The zero-order valence-corrected chi connectivity index (χ0v) is 11.2. The molecule has 2 aromatic rings. The maximum atomic E-state index is 12.3. The molecule has 0 amide bonds. The van der Waals surface area contributed by atoms with Gasteiger partial charge in [0.05, 0.1) is 0 Å². The molecule has 0 aliphatic rings. The average molecular weight is 261 g/mol. The first kappa shape index (κ1) is 12.8. The predicted molar refractivity (Wildman–Crippen MR) is 71.9 cm³/mol. The van der Waals surface area contributed by atoms with Gasteiger partial charge in [-0.15, -0.1) is 0 Å². The van der Waals surface area contributed by atoms with Gasteiger partial charge in [0.2, 0.25) is 11.8 Å².